The smallest absolute Gasteiger partial charge is 0.340 e. The molecule has 4 rings (SSSR count). The summed E-state index contributed by atoms with van der Waals surface area (Å²) in [5.41, 5.74) is 0.683. The van der Waals surface area contributed by atoms with E-state index in [0.29, 0.717) is 10.7 Å². The van der Waals surface area contributed by atoms with Crippen molar-refractivity contribution in [3.8, 4) is 22.5 Å². The van der Waals surface area contributed by atoms with Crippen molar-refractivity contribution in [1.29, 1.82) is 0 Å². The van der Waals surface area contributed by atoms with E-state index in [-0.39, 0.29) is 17.8 Å². The fraction of sp³-hybridized carbons (Fsp3) is 0.0909. The van der Waals surface area contributed by atoms with E-state index < -0.39 is 17.6 Å². The number of hydrogen-bond donors (Lipinski definition) is 1. The second-order valence-corrected chi connectivity index (χ2v) is 7.33. The van der Waals surface area contributed by atoms with Gasteiger partial charge in [0.05, 0.1) is 22.3 Å². The van der Waals surface area contributed by atoms with Gasteiger partial charge in [-0.15, -0.1) is 11.3 Å². The highest BCUT2D eigenvalue weighted by atomic mass is 32.1. The van der Waals surface area contributed by atoms with Crippen LogP contribution < -0.4 is 5.32 Å². The molecular formula is C22H13F3N4OS. The molecule has 0 unspecified atom stereocenters. The third kappa shape index (κ3) is 4.70. The number of aromatic nitrogens is 3. The van der Waals surface area contributed by atoms with E-state index in [1.165, 1.54) is 35.9 Å². The molecule has 0 saturated heterocycles. The Balaban J connectivity index is 1.49. The monoisotopic (exact) mass is 438 g/mol. The van der Waals surface area contributed by atoms with Crippen LogP contribution in [0.2, 0.25) is 0 Å². The second kappa shape index (κ2) is 8.53. The molecule has 2 aromatic carbocycles. The van der Waals surface area contributed by atoms with Crippen molar-refractivity contribution < 1.29 is 18.0 Å². The van der Waals surface area contributed by atoms with Crippen molar-refractivity contribution in [2.75, 3.05) is 6.54 Å². The Morgan fingerprint density at radius 1 is 1.06 bits per heavy atom. The normalized spacial score (nSPS) is 11.1. The minimum Gasteiger partial charge on any atom is -0.340 e. The van der Waals surface area contributed by atoms with E-state index in [2.05, 4.69) is 32.1 Å². The Morgan fingerprint density at radius 2 is 1.87 bits per heavy atom. The predicted octanol–water partition coefficient (Wildman–Crippen LogP) is 4.55. The lowest BCUT2D eigenvalue weighted by molar-refractivity contribution is -0.137. The SMILES string of the molecule is O=C(NCC#Cc1cccc(C(F)(F)F)c1)c1nccnc1-c1nc2ccccc2s1. The molecule has 2 aromatic heterocycles. The third-order valence-electron chi connectivity index (χ3n) is 4.17. The van der Waals surface area contributed by atoms with Crippen LogP contribution >= 0.6 is 11.3 Å². The highest BCUT2D eigenvalue weighted by Crippen LogP contribution is 2.30. The number of nitrogens with zero attached hydrogens (tertiary/aromatic N) is 3. The zero-order chi connectivity index (χ0) is 21.8. The van der Waals surface area contributed by atoms with E-state index in [4.69, 9.17) is 0 Å². The van der Waals surface area contributed by atoms with Gasteiger partial charge in [0.1, 0.15) is 10.7 Å². The average molecular weight is 438 g/mol. The first-order chi connectivity index (χ1) is 14.9. The summed E-state index contributed by atoms with van der Waals surface area (Å²) in [6.07, 6.45) is -1.55. The van der Waals surface area contributed by atoms with E-state index in [1.807, 2.05) is 24.3 Å². The van der Waals surface area contributed by atoms with E-state index in [1.54, 1.807) is 0 Å². The summed E-state index contributed by atoms with van der Waals surface area (Å²) in [5.74, 6) is 4.77. The molecule has 154 valence electrons. The molecule has 0 bridgehead atoms. The predicted molar refractivity (Wildman–Crippen MR) is 111 cm³/mol. The lowest BCUT2D eigenvalue weighted by Gasteiger charge is -2.06. The van der Waals surface area contributed by atoms with Gasteiger partial charge in [0.25, 0.3) is 5.91 Å². The number of nitrogens with one attached hydrogen (secondary N) is 1. The molecule has 4 aromatic rings. The van der Waals surface area contributed by atoms with Gasteiger partial charge in [-0.25, -0.2) is 15.0 Å². The Bertz CT molecular complexity index is 1290. The molecule has 1 amide bonds. The number of halogens is 3. The number of fused-ring (bicyclic) bond motifs is 1. The number of carbonyl (C=O) groups is 1. The molecule has 0 atom stereocenters. The van der Waals surface area contributed by atoms with Crippen molar-refractivity contribution in [2.24, 2.45) is 0 Å². The topological polar surface area (TPSA) is 67.8 Å². The molecular weight excluding hydrogens is 425 g/mol. The van der Waals surface area contributed by atoms with Crippen molar-refractivity contribution in [2.45, 2.75) is 6.18 Å². The van der Waals surface area contributed by atoms with Crippen LogP contribution in [0.1, 0.15) is 21.6 Å². The summed E-state index contributed by atoms with van der Waals surface area (Å²) in [6.45, 7) is -0.0645. The first-order valence-corrected chi connectivity index (χ1v) is 9.85. The quantitative estimate of drug-likeness (QED) is 0.477. The van der Waals surface area contributed by atoms with Crippen LogP contribution in [0.3, 0.4) is 0 Å². The van der Waals surface area contributed by atoms with Gasteiger partial charge in [0, 0.05) is 18.0 Å². The summed E-state index contributed by atoms with van der Waals surface area (Å²) in [4.78, 5) is 25.5. The van der Waals surface area contributed by atoms with Crippen LogP contribution in [0.25, 0.3) is 20.9 Å². The van der Waals surface area contributed by atoms with Crippen LogP contribution in [-0.2, 0) is 6.18 Å². The molecule has 0 aliphatic heterocycles. The summed E-state index contributed by atoms with van der Waals surface area (Å²) < 4.78 is 39.3. The fourth-order valence-electron chi connectivity index (χ4n) is 2.76. The van der Waals surface area contributed by atoms with Crippen LogP contribution in [0.5, 0.6) is 0 Å². The van der Waals surface area contributed by atoms with Crippen molar-refractivity contribution >= 4 is 27.5 Å². The highest BCUT2D eigenvalue weighted by molar-refractivity contribution is 7.21. The molecule has 1 N–H and O–H groups in total. The van der Waals surface area contributed by atoms with Crippen molar-refractivity contribution in [3.63, 3.8) is 0 Å². The summed E-state index contributed by atoms with van der Waals surface area (Å²) in [7, 11) is 0. The standard InChI is InChI=1S/C22H13F3N4OS/c23-22(24,25)15-7-3-5-14(13-15)6-4-10-28-20(30)18-19(27-12-11-26-18)21-29-16-8-1-2-9-17(16)31-21/h1-3,5,7-9,11-13H,10H2,(H,28,30). The Hall–Kier alpha value is -3.77. The van der Waals surface area contributed by atoms with Gasteiger partial charge in [0.15, 0.2) is 5.69 Å². The van der Waals surface area contributed by atoms with Crippen molar-refractivity contribution in [1.82, 2.24) is 20.3 Å². The number of alkyl halides is 3. The molecule has 0 aliphatic carbocycles. The Morgan fingerprint density at radius 3 is 2.68 bits per heavy atom. The van der Waals surface area contributed by atoms with Gasteiger partial charge in [-0.2, -0.15) is 13.2 Å². The van der Waals surface area contributed by atoms with E-state index in [0.717, 1.165) is 22.3 Å². The number of thiazole rings is 1. The molecule has 2 heterocycles. The van der Waals surface area contributed by atoms with Gasteiger partial charge in [0.2, 0.25) is 0 Å². The molecule has 0 spiro atoms. The molecule has 0 radical (unpaired) electrons. The van der Waals surface area contributed by atoms with Gasteiger partial charge >= 0.3 is 6.18 Å². The maximum absolute atomic E-state index is 12.8. The molecule has 31 heavy (non-hydrogen) atoms. The van der Waals surface area contributed by atoms with Crippen molar-refractivity contribution in [3.05, 3.63) is 77.7 Å². The average Bonchev–Trinajstić information content (AvgIpc) is 3.20. The molecule has 0 saturated carbocycles. The minimum atomic E-state index is -4.44. The zero-order valence-electron chi connectivity index (χ0n) is 15.8. The summed E-state index contributed by atoms with van der Waals surface area (Å²) in [5, 5.41) is 3.16. The Kier molecular flexibility index (Phi) is 5.64. The zero-order valence-corrected chi connectivity index (χ0v) is 16.6. The molecule has 0 fully saturated rings. The molecule has 0 aliphatic rings. The maximum atomic E-state index is 12.8. The number of rotatable bonds is 3. The van der Waals surface area contributed by atoms with Crippen LogP contribution in [-0.4, -0.2) is 27.4 Å². The maximum Gasteiger partial charge on any atom is 0.416 e. The number of carbonyl (C=O) groups excluding carboxylic acids is 1. The number of benzene rings is 2. The van der Waals surface area contributed by atoms with Crippen LogP contribution in [0.4, 0.5) is 13.2 Å². The first kappa shape index (κ1) is 20.5. The van der Waals surface area contributed by atoms with Gasteiger partial charge in [-0.3, -0.25) is 4.79 Å². The number of amides is 1. The second-order valence-electron chi connectivity index (χ2n) is 6.30. The largest absolute Gasteiger partial charge is 0.416 e. The van der Waals surface area contributed by atoms with Gasteiger partial charge in [-0.05, 0) is 30.3 Å². The van der Waals surface area contributed by atoms with Gasteiger partial charge in [-0.1, -0.05) is 30.0 Å². The van der Waals surface area contributed by atoms with Crippen LogP contribution in [0, 0.1) is 11.8 Å². The highest BCUT2D eigenvalue weighted by Gasteiger charge is 2.30. The Labute approximate surface area is 179 Å². The van der Waals surface area contributed by atoms with Crippen LogP contribution in [0.15, 0.2) is 60.9 Å². The fourth-order valence-corrected chi connectivity index (χ4v) is 3.73. The minimum absolute atomic E-state index is 0.0645. The number of para-hydroxylation sites is 1. The van der Waals surface area contributed by atoms with E-state index in [9.17, 15) is 18.0 Å². The lowest BCUT2D eigenvalue weighted by atomic mass is 10.1. The molecule has 5 nitrogen and oxygen atoms in total. The lowest BCUT2D eigenvalue weighted by Crippen LogP contribution is -2.25. The third-order valence-corrected chi connectivity index (χ3v) is 5.21. The first-order valence-electron chi connectivity index (χ1n) is 9.03. The number of hydrogen-bond acceptors (Lipinski definition) is 5. The molecule has 9 heteroatoms. The van der Waals surface area contributed by atoms with E-state index >= 15 is 0 Å². The summed E-state index contributed by atoms with van der Waals surface area (Å²) in [6, 6.07) is 12.3. The van der Waals surface area contributed by atoms with Gasteiger partial charge < -0.3 is 5.32 Å². The summed E-state index contributed by atoms with van der Waals surface area (Å²) >= 11 is 1.40.